The van der Waals surface area contributed by atoms with Crippen LogP contribution in [0.15, 0.2) is 47.4 Å². The Bertz CT molecular complexity index is 935. The summed E-state index contributed by atoms with van der Waals surface area (Å²) in [7, 11) is -2.13. The van der Waals surface area contributed by atoms with Gasteiger partial charge in [-0.1, -0.05) is 12.1 Å². The minimum absolute atomic E-state index is 0.168. The molecule has 2 atom stereocenters. The summed E-state index contributed by atoms with van der Waals surface area (Å²) in [6.07, 6.45) is -0.373. The zero-order chi connectivity index (χ0) is 21.0. The average molecular weight is 422 g/mol. The van der Waals surface area contributed by atoms with Crippen molar-refractivity contribution in [2.75, 3.05) is 33.2 Å². The van der Waals surface area contributed by atoms with Gasteiger partial charge in [-0.3, -0.25) is 4.90 Å². The number of aryl methyl sites for hydroxylation is 1. The smallest absolute Gasteiger partial charge is 0.240 e. The lowest BCUT2D eigenvalue weighted by Crippen LogP contribution is -2.50. The molecular formula is C21H28FN3O3S. The van der Waals surface area contributed by atoms with Crippen LogP contribution in [0, 0.1) is 12.7 Å². The van der Waals surface area contributed by atoms with E-state index in [1.165, 1.54) is 25.2 Å². The molecule has 6 nitrogen and oxygen atoms in total. The largest absolute Gasteiger partial charge is 0.484 e. The summed E-state index contributed by atoms with van der Waals surface area (Å²) in [5, 5.41) is 3.41. The molecule has 0 aromatic heterocycles. The number of halogens is 1. The minimum atomic E-state index is -3.51. The van der Waals surface area contributed by atoms with E-state index in [1.54, 1.807) is 25.1 Å². The number of hydrogen-bond acceptors (Lipinski definition) is 5. The molecule has 1 heterocycles. The second-order valence-corrected chi connectivity index (χ2v) is 9.30. The molecule has 1 aliphatic rings. The van der Waals surface area contributed by atoms with Crippen molar-refractivity contribution in [3.63, 3.8) is 0 Å². The molecule has 2 aromatic carbocycles. The van der Waals surface area contributed by atoms with Crippen LogP contribution in [0.25, 0.3) is 0 Å². The molecule has 2 N–H and O–H groups in total. The first kappa shape index (κ1) is 21.7. The standard InChI is InChI=1S/C21H28FN3O3S/c1-15-4-5-17(12-20(15)22)21(14-25-11-10-24-16(2)13-25)28-18-6-8-19(9-7-18)29(26,27)23-3/h4-9,12,16,21,23-24H,10-11,13-14H2,1-3H3/t16-,21+/m1/s1. The van der Waals surface area contributed by atoms with E-state index in [2.05, 4.69) is 21.9 Å². The van der Waals surface area contributed by atoms with Crippen molar-refractivity contribution < 1.29 is 17.5 Å². The van der Waals surface area contributed by atoms with Crippen LogP contribution in [0.3, 0.4) is 0 Å². The monoisotopic (exact) mass is 421 g/mol. The van der Waals surface area contributed by atoms with E-state index in [1.807, 2.05) is 6.07 Å². The fourth-order valence-corrected chi connectivity index (χ4v) is 4.14. The topological polar surface area (TPSA) is 70.7 Å². The van der Waals surface area contributed by atoms with Crippen LogP contribution in [-0.2, 0) is 10.0 Å². The maximum Gasteiger partial charge on any atom is 0.240 e. The molecule has 2 aromatic rings. The third-order valence-electron chi connectivity index (χ3n) is 5.13. The van der Waals surface area contributed by atoms with Crippen LogP contribution < -0.4 is 14.8 Å². The van der Waals surface area contributed by atoms with Crippen LogP contribution in [0.4, 0.5) is 4.39 Å². The summed E-state index contributed by atoms with van der Waals surface area (Å²) in [6, 6.07) is 11.8. The van der Waals surface area contributed by atoms with Crippen LogP contribution in [0.2, 0.25) is 0 Å². The molecule has 1 aliphatic heterocycles. The summed E-state index contributed by atoms with van der Waals surface area (Å²) in [5.41, 5.74) is 1.34. The highest BCUT2D eigenvalue weighted by atomic mass is 32.2. The van der Waals surface area contributed by atoms with Gasteiger partial charge >= 0.3 is 0 Å². The number of piperazine rings is 1. The van der Waals surface area contributed by atoms with Gasteiger partial charge in [0.25, 0.3) is 0 Å². The van der Waals surface area contributed by atoms with E-state index in [4.69, 9.17) is 4.74 Å². The van der Waals surface area contributed by atoms with E-state index in [-0.39, 0.29) is 16.8 Å². The summed E-state index contributed by atoms with van der Waals surface area (Å²) >= 11 is 0. The molecule has 29 heavy (non-hydrogen) atoms. The second-order valence-electron chi connectivity index (χ2n) is 7.41. The van der Waals surface area contributed by atoms with Gasteiger partial charge in [-0.05, 0) is 62.4 Å². The zero-order valence-corrected chi connectivity index (χ0v) is 17.8. The van der Waals surface area contributed by atoms with Gasteiger partial charge in [-0.15, -0.1) is 0 Å². The van der Waals surface area contributed by atoms with E-state index in [9.17, 15) is 12.8 Å². The first-order chi connectivity index (χ1) is 13.8. The van der Waals surface area contributed by atoms with Gasteiger partial charge in [0.2, 0.25) is 10.0 Å². The number of nitrogens with one attached hydrogen (secondary N) is 2. The quantitative estimate of drug-likeness (QED) is 0.719. The van der Waals surface area contributed by atoms with E-state index >= 15 is 0 Å². The third kappa shape index (κ3) is 5.54. The number of hydrogen-bond donors (Lipinski definition) is 2. The van der Waals surface area contributed by atoms with Gasteiger partial charge in [0, 0.05) is 32.2 Å². The van der Waals surface area contributed by atoms with Gasteiger partial charge in [0.1, 0.15) is 17.7 Å². The Morgan fingerprint density at radius 3 is 2.62 bits per heavy atom. The Hall–Kier alpha value is -2.00. The van der Waals surface area contributed by atoms with Gasteiger partial charge in [-0.25, -0.2) is 17.5 Å². The predicted molar refractivity (Wildman–Crippen MR) is 111 cm³/mol. The molecule has 0 saturated carbocycles. The summed E-state index contributed by atoms with van der Waals surface area (Å²) in [4.78, 5) is 2.46. The Balaban J connectivity index is 1.83. The van der Waals surface area contributed by atoms with Crippen molar-refractivity contribution >= 4 is 10.0 Å². The number of nitrogens with zero attached hydrogens (tertiary/aromatic N) is 1. The number of ether oxygens (including phenoxy) is 1. The van der Waals surface area contributed by atoms with Gasteiger partial charge in [0.05, 0.1) is 4.90 Å². The lowest BCUT2D eigenvalue weighted by atomic mass is 10.1. The van der Waals surface area contributed by atoms with E-state index < -0.39 is 10.0 Å². The third-order valence-corrected chi connectivity index (χ3v) is 6.56. The molecule has 0 spiro atoms. The molecular weight excluding hydrogens is 393 g/mol. The maximum absolute atomic E-state index is 14.2. The maximum atomic E-state index is 14.2. The summed E-state index contributed by atoms with van der Waals surface area (Å²) in [6.45, 7) is 7.14. The fourth-order valence-electron chi connectivity index (χ4n) is 3.41. The van der Waals surface area contributed by atoms with Crippen molar-refractivity contribution in [1.82, 2.24) is 14.9 Å². The molecule has 0 radical (unpaired) electrons. The fraction of sp³-hybridized carbons (Fsp3) is 0.429. The first-order valence-electron chi connectivity index (χ1n) is 9.70. The van der Waals surface area contributed by atoms with E-state index in [0.29, 0.717) is 23.9 Å². The Kier molecular flexibility index (Phi) is 6.89. The van der Waals surface area contributed by atoms with Crippen molar-refractivity contribution in [3.05, 3.63) is 59.4 Å². The molecule has 0 aliphatic carbocycles. The van der Waals surface area contributed by atoms with Gasteiger partial charge in [-0.2, -0.15) is 0 Å². The molecule has 0 bridgehead atoms. The average Bonchev–Trinajstić information content (AvgIpc) is 2.70. The number of rotatable bonds is 7. The molecule has 0 unspecified atom stereocenters. The van der Waals surface area contributed by atoms with Crippen LogP contribution >= 0.6 is 0 Å². The van der Waals surface area contributed by atoms with Crippen LogP contribution in [-0.4, -0.2) is 52.6 Å². The predicted octanol–water partition coefficient (Wildman–Crippen LogP) is 2.46. The van der Waals surface area contributed by atoms with Crippen molar-refractivity contribution in [2.45, 2.75) is 30.9 Å². The van der Waals surface area contributed by atoms with Crippen molar-refractivity contribution in [1.29, 1.82) is 0 Å². The molecule has 0 amide bonds. The Morgan fingerprint density at radius 2 is 2.00 bits per heavy atom. The second kappa shape index (κ2) is 9.21. The number of benzene rings is 2. The summed E-state index contributed by atoms with van der Waals surface area (Å²) < 4.78 is 46.5. The first-order valence-corrected chi connectivity index (χ1v) is 11.2. The molecule has 1 fully saturated rings. The molecule has 8 heteroatoms. The Labute approximate surface area is 172 Å². The highest BCUT2D eigenvalue weighted by Gasteiger charge is 2.23. The van der Waals surface area contributed by atoms with Crippen molar-refractivity contribution in [3.8, 4) is 5.75 Å². The lowest BCUT2D eigenvalue weighted by molar-refractivity contribution is 0.112. The zero-order valence-electron chi connectivity index (χ0n) is 17.0. The molecule has 1 saturated heterocycles. The lowest BCUT2D eigenvalue weighted by Gasteiger charge is -2.34. The molecule has 158 valence electrons. The van der Waals surface area contributed by atoms with Crippen LogP contribution in [0.5, 0.6) is 5.75 Å². The van der Waals surface area contributed by atoms with Crippen LogP contribution in [0.1, 0.15) is 24.2 Å². The summed E-state index contributed by atoms with van der Waals surface area (Å²) in [5.74, 6) is 0.273. The van der Waals surface area contributed by atoms with Gasteiger partial charge in [0.15, 0.2) is 0 Å². The van der Waals surface area contributed by atoms with E-state index in [0.717, 1.165) is 25.2 Å². The normalized spacial score (nSPS) is 19.1. The molecule has 3 rings (SSSR count). The highest BCUT2D eigenvalue weighted by molar-refractivity contribution is 7.89. The van der Waals surface area contributed by atoms with Crippen molar-refractivity contribution in [2.24, 2.45) is 0 Å². The Morgan fingerprint density at radius 1 is 1.28 bits per heavy atom. The number of sulfonamides is 1. The SMILES string of the molecule is CNS(=O)(=O)c1ccc(O[C@@H](CN2CCN[C@H](C)C2)c2ccc(C)c(F)c2)cc1. The minimum Gasteiger partial charge on any atom is -0.484 e. The van der Waals surface area contributed by atoms with Gasteiger partial charge < -0.3 is 10.1 Å². The highest BCUT2D eigenvalue weighted by Crippen LogP contribution is 2.26.